The summed E-state index contributed by atoms with van der Waals surface area (Å²) >= 11 is 0. The first kappa shape index (κ1) is 14.2. The van der Waals surface area contributed by atoms with Crippen molar-refractivity contribution < 1.29 is 14.6 Å². The Morgan fingerprint density at radius 1 is 1.21 bits per heavy atom. The molecule has 0 aromatic heterocycles. The van der Waals surface area contributed by atoms with Crippen molar-refractivity contribution in [2.45, 2.75) is 57.7 Å². The lowest BCUT2D eigenvalue weighted by molar-refractivity contribution is -0.210. The van der Waals surface area contributed by atoms with E-state index in [0.717, 1.165) is 44.5 Å². The molecule has 0 aliphatic carbocycles. The Labute approximate surface area is 115 Å². The van der Waals surface area contributed by atoms with Crippen LogP contribution >= 0.6 is 0 Å². The Hall–Kier alpha value is -1.22. The van der Waals surface area contributed by atoms with Crippen molar-refractivity contribution in [1.82, 2.24) is 0 Å². The molecule has 1 saturated heterocycles. The van der Waals surface area contributed by atoms with Gasteiger partial charge in [0.1, 0.15) is 11.5 Å². The van der Waals surface area contributed by atoms with Gasteiger partial charge in [-0.3, -0.25) is 0 Å². The highest BCUT2D eigenvalue weighted by atomic mass is 16.7. The van der Waals surface area contributed by atoms with E-state index in [-0.39, 0.29) is 5.75 Å². The SMILES string of the molecule is CCCCCC1(Oc2ccc(O)cc2)CCCCO1. The molecule has 1 heterocycles. The zero-order chi connectivity index (χ0) is 13.6. The van der Waals surface area contributed by atoms with E-state index in [0.29, 0.717) is 0 Å². The van der Waals surface area contributed by atoms with Gasteiger partial charge in [0.25, 0.3) is 0 Å². The minimum atomic E-state index is -0.454. The van der Waals surface area contributed by atoms with Crippen LogP contribution in [0.1, 0.15) is 51.9 Å². The fourth-order valence-corrected chi connectivity index (χ4v) is 2.53. The van der Waals surface area contributed by atoms with Gasteiger partial charge in [-0.25, -0.2) is 0 Å². The Kier molecular flexibility index (Phi) is 5.08. The van der Waals surface area contributed by atoms with Crippen LogP contribution in [0, 0.1) is 0 Å². The molecular weight excluding hydrogens is 240 g/mol. The van der Waals surface area contributed by atoms with E-state index >= 15 is 0 Å². The summed E-state index contributed by atoms with van der Waals surface area (Å²) in [6.07, 6.45) is 7.73. The largest absolute Gasteiger partial charge is 0.508 e. The predicted octanol–water partition coefficient (Wildman–Crippen LogP) is 4.25. The average Bonchev–Trinajstić information content (AvgIpc) is 2.43. The molecule has 106 valence electrons. The summed E-state index contributed by atoms with van der Waals surface area (Å²) < 4.78 is 12.1. The first-order valence-electron chi connectivity index (χ1n) is 7.36. The number of benzene rings is 1. The van der Waals surface area contributed by atoms with Crippen molar-refractivity contribution in [3.63, 3.8) is 0 Å². The smallest absolute Gasteiger partial charge is 0.210 e. The number of hydrogen-bond acceptors (Lipinski definition) is 3. The van der Waals surface area contributed by atoms with Crippen LogP contribution < -0.4 is 4.74 Å². The molecule has 2 rings (SSSR count). The van der Waals surface area contributed by atoms with Crippen LogP contribution in [0.2, 0.25) is 0 Å². The summed E-state index contributed by atoms with van der Waals surface area (Å²) in [6, 6.07) is 6.90. The summed E-state index contributed by atoms with van der Waals surface area (Å²) in [7, 11) is 0. The second kappa shape index (κ2) is 6.80. The van der Waals surface area contributed by atoms with Crippen LogP contribution in [0.3, 0.4) is 0 Å². The van der Waals surface area contributed by atoms with E-state index in [9.17, 15) is 5.11 Å². The number of phenolic OH excluding ortho intramolecular Hbond substituents is 1. The van der Waals surface area contributed by atoms with Crippen LogP contribution in [-0.2, 0) is 4.74 Å². The van der Waals surface area contributed by atoms with Crippen LogP contribution in [-0.4, -0.2) is 17.5 Å². The number of phenols is 1. The second-order valence-corrected chi connectivity index (χ2v) is 5.27. The Morgan fingerprint density at radius 3 is 2.63 bits per heavy atom. The highest BCUT2D eigenvalue weighted by Crippen LogP contribution is 2.33. The minimum absolute atomic E-state index is 0.261. The van der Waals surface area contributed by atoms with Crippen molar-refractivity contribution in [2.75, 3.05) is 6.61 Å². The highest BCUT2D eigenvalue weighted by molar-refractivity contribution is 5.30. The Morgan fingerprint density at radius 2 is 2.00 bits per heavy atom. The summed E-state index contributed by atoms with van der Waals surface area (Å²) in [5.41, 5.74) is 0. The van der Waals surface area contributed by atoms with Gasteiger partial charge in [-0.2, -0.15) is 0 Å². The lowest BCUT2D eigenvalue weighted by Gasteiger charge is -2.37. The van der Waals surface area contributed by atoms with E-state index in [1.807, 2.05) is 0 Å². The van der Waals surface area contributed by atoms with Crippen molar-refractivity contribution in [3.8, 4) is 11.5 Å². The zero-order valence-corrected chi connectivity index (χ0v) is 11.7. The quantitative estimate of drug-likeness (QED) is 0.781. The van der Waals surface area contributed by atoms with E-state index < -0.39 is 5.79 Å². The summed E-state index contributed by atoms with van der Waals surface area (Å²) in [5, 5.41) is 9.31. The summed E-state index contributed by atoms with van der Waals surface area (Å²) in [5.74, 6) is 0.581. The molecule has 1 aromatic rings. The van der Waals surface area contributed by atoms with E-state index in [1.165, 1.54) is 12.8 Å². The standard InChI is InChI=1S/C16H24O3/c1-2-3-4-11-16(12-5-6-13-18-16)19-15-9-7-14(17)8-10-15/h7-10,17H,2-6,11-13H2,1H3. The van der Waals surface area contributed by atoms with Crippen molar-refractivity contribution in [2.24, 2.45) is 0 Å². The topological polar surface area (TPSA) is 38.7 Å². The molecule has 1 N–H and O–H groups in total. The van der Waals surface area contributed by atoms with Gasteiger partial charge in [-0.1, -0.05) is 19.8 Å². The number of rotatable bonds is 6. The fourth-order valence-electron chi connectivity index (χ4n) is 2.53. The molecule has 1 aromatic carbocycles. The second-order valence-electron chi connectivity index (χ2n) is 5.27. The molecule has 3 nitrogen and oxygen atoms in total. The molecule has 1 fully saturated rings. The molecule has 1 unspecified atom stereocenters. The molecule has 0 saturated carbocycles. The predicted molar refractivity (Wildman–Crippen MR) is 75.4 cm³/mol. The van der Waals surface area contributed by atoms with Crippen molar-refractivity contribution >= 4 is 0 Å². The van der Waals surface area contributed by atoms with Crippen molar-refractivity contribution in [1.29, 1.82) is 0 Å². The number of aromatic hydroxyl groups is 1. The molecule has 1 atom stereocenters. The van der Waals surface area contributed by atoms with E-state index in [4.69, 9.17) is 9.47 Å². The molecule has 1 aliphatic rings. The molecule has 3 heteroatoms. The summed E-state index contributed by atoms with van der Waals surface area (Å²) in [4.78, 5) is 0. The van der Waals surface area contributed by atoms with Gasteiger partial charge in [0, 0.05) is 12.8 Å². The van der Waals surface area contributed by atoms with Crippen LogP contribution in [0.15, 0.2) is 24.3 Å². The molecule has 0 amide bonds. The highest BCUT2D eigenvalue weighted by Gasteiger charge is 2.35. The van der Waals surface area contributed by atoms with Gasteiger partial charge in [0.2, 0.25) is 5.79 Å². The molecule has 0 spiro atoms. The van der Waals surface area contributed by atoms with Crippen LogP contribution in [0.4, 0.5) is 0 Å². The number of unbranched alkanes of at least 4 members (excludes halogenated alkanes) is 2. The molecule has 0 radical (unpaired) electrons. The lowest BCUT2D eigenvalue weighted by atomic mass is 9.99. The maximum absolute atomic E-state index is 9.31. The Balaban J connectivity index is 2.01. The number of hydrogen-bond donors (Lipinski definition) is 1. The van der Waals surface area contributed by atoms with Gasteiger partial charge < -0.3 is 14.6 Å². The van der Waals surface area contributed by atoms with Gasteiger partial charge in [0.05, 0.1) is 6.61 Å². The van der Waals surface area contributed by atoms with Gasteiger partial charge in [-0.15, -0.1) is 0 Å². The first-order valence-corrected chi connectivity index (χ1v) is 7.36. The Bertz CT molecular complexity index is 366. The zero-order valence-electron chi connectivity index (χ0n) is 11.7. The molecular formula is C16H24O3. The van der Waals surface area contributed by atoms with Gasteiger partial charge in [0.15, 0.2) is 0 Å². The first-order chi connectivity index (χ1) is 9.24. The monoisotopic (exact) mass is 264 g/mol. The average molecular weight is 264 g/mol. The van der Waals surface area contributed by atoms with Crippen LogP contribution in [0.25, 0.3) is 0 Å². The molecule has 0 bridgehead atoms. The molecule has 1 aliphatic heterocycles. The normalized spacial score (nSPS) is 23.2. The van der Waals surface area contributed by atoms with Gasteiger partial charge in [-0.05, 0) is 43.5 Å². The van der Waals surface area contributed by atoms with Crippen molar-refractivity contribution in [3.05, 3.63) is 24.3 Å². The third-order valence-corrected chi connectivity index (χ3v) is 3.62. The third-order valence-electron chi connectivity index (χ3n) is 3.62. The maximum Gasteiger partial charge on any atom is 0.210 e. The molecule has 19 heavy (non-hydrogen) atoms. The summed E-state index contributed by atoms with van der Waals surface area (Å²) in [6.45, 7) is 2.99. The third kappa shape index (κ3) is 4.13. The maximum atomic E-state index is 9.31. The van der Waals surface area contributed by atoms with Crippen LogP contribution in [0.5, 0.6) is 11.5 Å². The van der Waals surface area contributed by atoms with Gasteiger partial charge >= 0.3 is 0 Å². The minimum Gasteiger partial charge on any atom is -0.508 e. The lowest BCUT2D eigenvalue weighted by Crippen LogP contribution is -2.42. The number of ether oxygens (including phenoxy) is 2. The van der Waals surface area contributed by atoms with E-state index in [1.54, 1.807) is 24.3 Å². The fraction of sp³-hybridized carbons (Fsp3) is 0.625. The van der Waals surface area contributed by atoms with E-state index in [2.05, 4.69) is 6.92 Å².